The molecule has 0 radical (unpaired) electrons. The van der Waals surface area contributed by atoms with Crippen LogP contribution in [0.25, 0.3) is 0 Å². The summed E-state index contributed by atoms with van der Waals surface area (Å²) in [5.41, 5.74) is 0.946. The van der Waals surface area contributed by atoms with Crippen molar-refractivity contribution in [3.8, 4) is 0 Å². The first kappa shape index (κ1) is 11.3. The third-order valence-corrected chi connectivity index (χ3v) is 2.44. The average Bonchev–Trinajstić information content (AvgIpc) is 2.01. The molecule has 0 saturated heterocycles. The van der Waals surface area contributed by atoms with E-state index in [1.807, 2.05) is 31.1 Å². The van der Waals surface area contributed by atoms with E-state index in [9.17, 15) is 5.11 Å². The maximum Gasteiger partial charge on any atom is 0.0841 e. The predicted octanol–water partition coefficient (Wildman–Crippen LogP) is 2.63. The van der Waals surface area contributed by atoms with Gasteiger partial charge in [0.15, 0.2) is 0 Å². The second kappa shape index (κ2) is 3.79. The van der Waals surface area contributed by atoms with E-state index in [0.717, 1.165) is 11.3 Å². The number of anilines is 1. The number of nitrogens with zero attached hydrogens (tertiary/aromatic N) is 1. The van der Waals surface area contributed by atoms with Crippen LogP contribution in [0.15, 0.2) is 18.2 Å². The van der Waals surface area contributed by atoms with Gasteiger partial charge in [0.25, 0.3) is 0 Å². The van der Waals surface area contributed by atoms with Crippen LogP contribution in [0.1, 0.15) is 19.4 Å². The summed E-state index contributed by atoms with van der Waals surface area (Å²) < 4.78 is 0. The van der Waals surface area contributed by atoms with Crippen molar-refractivity contribution >= 4 is 17.3 Å². The Morgan fingerprint density at radius 1 is 1.29 bits per heavy atom. The fourth-order valence-corrected chi connectivity index (χ4v) is 1.60. The minimum absolute atomic E-state index is 0.662. The molecule has 2 nitrogen and oxygen atoms in total. The Balaban J connectivity index is 3.13. The fourth-order valence-electron chi connectivity index (χ4n) is 1.25. The van der Waals surface area contributed by atoms with E-state index in [2.05, 4.69) is 0 Å². The van der Waals surface area contributed by atoms with Crippen molar-refractivity contribution < 1.29 is 5.11 Å². The molecule has 1 rings (SSSR count). The lowest BCUT2D eigenvalue weighted by Gasteiger charge is -2.21. The second-order valence-electron chi connectivity index (χ2n) is 4.12. The average molecular weight is 214 g/mol. The third-order valence-electron chi connectivity index (χ3n) is 2.14. The van der Waals surface area contributed by atoms with Gasteiger partial charge in [-0.05, 0) is 31.5 Å². The SMILES string of the molecule is CN(C)c1ccc(C(C)(C)O)cc1Cl. The van der Waals surface area contributed by atoms with Crippen LogP contribution in [0.5, 0.6) is 0 Å². The smallest absolute Gasteiger partial charge is 0.0841 e. The van der Waals surface area contributed by atoms with Gasteiger partial charge in [0.1, 0.15) is 0 Å². The lowest BCUT2D eigenvalue weighted by Crippen LogP contribution is -2.16. The van der Waals surface area contributed by atoms with Crippen LogP contribution in [-0.2, 0) is 5.60 Å². The van der Waals surface area contributed by atoms with Gasteiger partial charge in [-0.25, -0.2) is 0 Å². The number of hydrogen-bond donors (Lipinski definition) is 1. The van der Waals surface area contributed by atoms with E-state index in [-0.39, 0.29) is 0 Å². The summed E-state index contributed by atoms with van der Waals surface area (Å²) in [5, 5.41) is 10.4. The monoisotopic (exact) mass is 213 g/mol. The van der Waals surface area contributed by atoms with Gasteiger partial charge in [-0.2, -0.15) is 0 Å². The maximum atomic E-state index is 9.77. The first-order valence-electron chi connectivity index (χ1n) is 4.52. The number of halogens is 1. The van der Waals surface area contributed by atoms with E-state index in [0.29, 0.717) is 5.02 Å². The number of rotatable bonds is 2. The Kier molecular flexibility index (Phi) is 3.07. The minimum atomic E-state index is -0.839. The Morgan fingerprint density at radius 2 is 1.86 bits per heavy atom. The maximum absolute atomic E-state index is 9.77. The standard InChI is InChI=1S/C11H16ClNO/c1-11(2,14)8-5-6-10(13(3)4)9(12)7-8/h5-7,14H,1-4H3. The molecule has 0 unspecified atom stereocenters. The first-order chi connectivity index (χ1) is 6.32. The Morgan fingerprint density at radius 3 is 2.21 bits per heavy atom. The highest BCUT2D eigenvalue weighted by molar-refractivity contribution is 6.33. The minimum Gasteiger partial charge on any atom is -0.386 e. The molecule has 0 aliphatic rings. The van der Waals surface area contributed by atoms with E-state index in [1.54, 1.807) is 19.9 Å². The molecule has 1 aromatic carbocycles. The van der Waals surface area contributed by atoms with Gasteiger partial charge in [0.2, 0.25) is 0 Å². The molecule has 14 heavy (non-hydrogen) atoms. The zero-order valence-corrected chi connectivity index (χ0v) is 9.76. The van der Waals surface area contributed by atoms with Crippen molar-refractivity contribution in [2.24, 2.45) is 0 Å². The van der Waals surface area contributed by atoms with E-state index in [4.69, 9.17) is 11.6 Å². The molecular weight excluding hydrogens is 198 g/mol. The lowest BCUT2D eigenvalue weighted by atomic mass is 9.98. The quantitative estimate of drug-likeness (QED) is 0.817. The highest BCUT2D eigenvalue weighted by Gasteiger charge is 2.17. The fraction of sp³-hybridized carbons (Fsp3) is 0.455. The predicted molar refractivity (Wildman–Crippen MR) is 61.0 cm³/mol. The van der Waals surface area contributed by atoms with Crippen LogP contribution in [0.3, 0.4) is 0 Å². The molecule has 0 amide bonds. The summed E-state index contributed by atoms with van der Waals surface area (Å²) >= 11 is 6.08. The molecule has 1 N–H and O–H groups in total. The van der Waals surface area contributed by atoms with Crippen LogP contribution in [0, 0.1) is 0 Å². The molecule has 3 heteroatoms. The number of aliphatic hydroxyl groups is 1. The summed E-state index contributed by atoms with van der Waals surface area (Å²) in [7, 11) is 3.87. The second-order valence-corrected chi connectivity index (χ2v) is 4.53. The molecule has 0 fully saturated rings. The molecule has 78 valence electrons. The van der Waals surface area contributed by atoms with Crippen molar-refractivity contribution in [2.75, 3.05) is 19.0 Å². The van der Waals surface area contributed by atoms with Gasteiger partial charge in [-0.1, -0.05) is 17.7 Å². The van der Waals surface area contributed by atoms with Gasteiger partial charge >= 0.3 is 0 Å². The molecule has 0 bridgehead atoms. The summed E-state index contributed by atoms with van der Waals surface area (Å²) in [5.74, 6) is 0. The van der Waals surface area contributed by atoms with Crippen LogP contribution in [-0.4, -0.2) is 19.2 Å². The lowest BCUT2D eigenvalue weighted by molar-refractivity contribution is 0.0786. The van der Waals surface area contributed by atoms with E-state index in [1.165, 1.54) is 0 Å². The van der Waals surface area contributed by atoms with Crippen molar-refractivity contribution in [2.45, 2.75) is 19.4 Å². The topological polar surface area (TPSA) is 23.5 Å². The number of benzene rings is 1. The summed E-state index contributed by atoms with van der Waals surface area (Å²) in [6, 6.07) is 5.60. The third kappa shape index (κ3) is 2.40. The van der Waals surface area contributed by atoms with Crippen molar-refractivity contribution in [1.29, 1.82) is 0 Å². The van der Waals surface area contributed by atoms with Crippen LogP contribution >= 0.6 is 11.6 Å². The van der Waals surface area contributed by atoms with Gasteiger partial charge in [0.05, 0.1) is 16.3 Å². The molecule has 1 aromatic rings. The van der Waals surface area contributed by atoms with Crippen molar-refractivity contribution in [3.63, 3.8) is 0 Å². The molecule has 0 aliphatic carbocycles. The molecule has 0 atom stereocenters. The molecule has 0 aromatic heterocycles. The van der Waals surface area contributed by atoms with Gasteiger partial charge in [-0.3, -0.25) is 0 Å². The highest BCUT2D eigenvalue weighted by Crippen LogP contribution is 2.29. The zero-order valence-electron chi connectivity index (χ0n) is 9.00. The van der Waals surface area contributed by atoms with Gasteiger partial charge in [-0.15, -0.1) is 0 Å². The molecule has 0 heterocycles. The van der Waals surface area contributed by atoms with E-state index < -0.39 is 5.60 Å². The molecule has 0 aliphatic heterocycles. The Hall–Kier alpha value is -0.730. The zero-order chi connectivity index (χ0) is 10.9. The Labute approximate surface area is 90.1 Å². The number of hydrogen-bond acceptors (Lipinski definition) is 2. The first-order valence-corrected chi connectivity index (χ1v) is 4.90. The van der Waals surface area contributed by atoms with Crippen LogP contribution < -0.4 is 4.90 Å². The van der Waals surface area contributed by atoms with Gasteiger partial charge in [0, 0.05) is 14.1 Å². The Bertz CT molecular complexity index is 329. The summed E-state index contributed by atoms with van der Waals surface area (Å²) in [6.07, 6.45) is 0. The highest BCUT2D eigenvalue weighted by atomic mass is 35.5. The van der Waals surface area contributed by atoms with E-state index >= 15 is 0 Å². The summed E-state index contributed by atoms with van der Waals surface area (Å²) in [4.78, 5) is 1.94. The molecule has 0 saturated carbocycles. The normalized spacial score (nSPS) is 11.6. The van der Waals surface area contributed by atoms with Crippen LogP contribution in [0.2, 0.25) is 5.02 Å². The van der Waals surface area contributed by atoms with Crippen molar-refractivity contribution in [3.05, 3.63) is 28.8 Å². The molecule has 0 spiro atoms. The largest absolute Gasteiger partial charge is 0.386 e. The van der Waals surface area contributed by atoms with Crippen molar-refractivity contribution in [1.82, 2.24) is 0 Å². The van der Waals surface area contributed by atoms with Crippen LogP contribution in [0.4, 0.5) is 5.69 Å². The molecular formula is C11H16ClNO. The van der Waals surface area contributed by atoms with Gasteiger partial charge < -0.3 is 10.0 Å². The summed E-state index contributed by atoms with van der Waals surface area (Å²) in [6.45, 7) is 3.49.